The molecule has 0 aliphatic heterocycles. The van der Waals surface area contributed by atoms with Crippen molar-refractivity contribution in [2.24, 2.45) is 0 Å². The molecule has 2 aromatic rings. The number of hydrogen-bond acceptors (Lipinski definition) is 5. The van der Waals surface area contributed by atoms with Crippen LogP contribution in [0.2, 0.25) is 0 Å². The van der Waals surface area contributed by atoms with Gasteiger partial charge in [-0.25, -0.2) is 4.98 Å². The van der Waals surface area contributed by atoms with Gasteiger partial charge in [-0.05, 0) is 49.9 Å². The third-order valence-electron chi connectivity index (χ3n) is 5.81. The van der Waals surface area contributed by atoms with Gasteiger partial charge in [0.2, 0.25) is 5.91 Å². The smallest absolute Gasteiger partial charge is 0.257 e. The molecule has 2 N–H and O–H groups in total. The molecular weight excluding hydrogens is 386 g/mol. The molecule has 0 bridgehead atoms. The summed E-state index contributed by atoms with van der Waals surface area (Å²) in [5.41, 5.74) is 1.38. The average Bonchev–Trinajstić information content (AvgIpc) is 3.19. The first-order chi connectivity index (χ1) is 14.1. The lowest BCUT2D eigenvalue weighted by molar-refractivity contribution is -0.123. The van der Waals surface area contributed by atoms with E-state index in [9.17, 15) is 9.59 Å². The van der Waals surface area contributed by atoms with Gasteiger partial charge in [0, 0.05) is 16.5 Å². The van der Waals surface area contributed by atoms with Gasteiger partial charge in [0.1, 0.15) is 5.75 Å². The van der Waals surface area contributed by atoms with Gasteiger partial charge in [0.25, 0.3) is 5.91 Å². The number of benzene rings is 1. The molecule has 29 heavy (non-hydrogen) atoms. The third-order valence-corrected chi connectivity index (χ3v) is 6.85. The lowest BCUT2D eigenvalue weighted by atomic mass is 10.0. The van der Waals surface area contributed by atoms with E-state index in [-0.39, 0.29) is 17.7 Å². The predicted octanol–water partition coefficient (Wildman–Crippen LogP) is 4.27. The Morgan fingerprint density at radius 1 is 1.07 bits per heavy atom. The number of rotatable bonds is 5. The van der Waals surface area contributed by atoms with Crippen molar-refractivity contribution in [2.45, 2.75) is 63.3 Å². The van der Waals surface area contributed by atoms with Crippen molar-refractivity contribution in [1.29, 1.82) is 0 Å². The zero-order valence-corrected chi connectivity index (χ0v) is 17.5. The normalized spacial score (nSPS) is 19.3. The van der Waals surface area contributed by atoms with Crippen LogP contribution in [0.3, 0.4) is 0 Å². The quantitative estimate of drug-likeness (QED) is 0.717. The second-order valence-corrected chi connectivity index (χ2v) is 8.88. The molecule has 1 atom stereocenters. The van der Waals surface area contributed by atoms with Crippen molar-refractivity contribution in [2.75, 3.05) is 12.4 Å². The molecule has 7 heteroatoms. The van der Waals surface area contributed by atoms with Crippen molar-refractivity contribution < 1.29 is 14.3 Å². The van der Waals surface area contributed by atoms with Gasteiger partial charge >= 0.3 is 0 Å². The zero-order valence-electron chi connectivity index (χ0n) is 16.7. The lowest BCUT2D eigenvalue weighted by Gasteiger charge is -2.19. The fraction of sp³-hybridized carbons (Fsp3) is 0.500. The molecule has 1 heterocycles. The Kier molecular flexibility index (Phi) is 6.13. The highest BCUT2D eigenvalue weighted by Gasteiger charge is 2.33. The number of thiazole rings is 1. The number of ether oxygens (including phenoxy) is 1. The first kappa shape index (κ1) is 19.9. The number of nitrogens with one attached hydrogen (secondary N) is 2. The topological polar surface area (TPSA) is 80.3 Å². The fourth-order valence-electron chi connectivity index (χ4n) is 4.17. The molecule has 0 saturated heterocycles. The van der Waals surface area contributed by atoms with Crippen molar-refractivity contribution in [3.8, 4) is 5.75 Å². The van der Waals surface area contributed by atoms with Gasteiger partial charge < -0.3 is 10.1 Å². The number of fused-ring (bicyclic) bond motifs is 1. The lowest BCUT2D eigenvalue weighted by Crippen LogP contribution is -2.37. The number of aryl methyl sites for hydroxylation is 1. The highest BCUT2D eigenvalue weighted by atomic mass is 32.1. The van der Waals surface area contributed by atoms with Crippen LogP contribution in [0.4, 0.5) is 5.13 Å². The summed E-state index contributed by atoms with van der Waals surface area (Å²) in [5.74, 6) is 0.391. The highest BCUT2D eigenvalue weighted by Crippen LogP contribution is 2.38. The number of anilines is 1. The maximum Gasteiger partial charge on any atom is 0.257 e. The molecule has 154 valence electrons. The minimum absolute atomic E-state index is 0.0916. The average molecular weight is 414 g/mol. The highest BCUT2D eigenvalue weighted by molar-refractivity contribution is 7.16. The molecule has 1 aromatic heterocycles. The number of methoxy groups -OCH3 is 1. The van der Waals surface area contributed by atoms with Crippen molar-refractivity contribution in [3.05, 3.63) is 40.4 Å². The molecule has 1 saturated carbocycles. The summed E-state index contributed by atoms with van der Waals surface area (Å²) in [6.45, 7) is 0. The van der Waals surface area contributed by atoms with Crippen molar-refractivity contribution >= 4 is 28.3 Å². The van der Waals surface area contributed by atoms with E-state index < -0.39 is 0 Å². The van der Waals surface area contributed by atoms with Gasteiger partial charge in [-0.3, -0.25) is 14.9 Å². The van der Waals surface area contributed by atoms with E-state index in [1.807, 2.05) is 0 Å². The van der Waals surface area contributed by atoms with E-state index in [1.54, 1.807) is 31.4 Å². The minimum Gasteiger partial charge on any atom is -0.497 e. The maximum absolute atomic E-state index is 12.9. The van der Waals surface area contributed by atoms with Gasteiger partial charge in [-0.15, -0.1) is 11.3 Å². The van der Waals surface area contributed by atoms with Crippen LogP contribution in [0.5, 0.6) is 5.75 Å². The standard InChI is InChI=1S/C22H27N3O3S/c1-28-16-10-8-14(9-11-16)20(26)25-22-24-19-17(12-13-18(19)29-22)21(27)23-15-6-4-2-3-5-7-15/h8-11,15,17H,2-7,12-13H2,1H3,(H,23,27)(H,24,25,26). The van der Waals surface area contributed by atoms with Crippen LogP contribution in [0.25, 0.3) is 0 Å². The Hall–Kier alpha value is -2.41. The molecule has 2 aliphatic rings. The Morgan fingerprint density at radius 3 is 2.48 bits per heavy atom. The SMILES string of the molecule is COc1ccc(C(=O)Nc2nc3c(s2)CCC3C(=O)NC2CCCCCC2)cc1. The van der Waals surface area contributed by atoms with Gasteiger partial charge in [-0.1, -0.05) is 25.7 Å². The van der Waals surface area contributed by atoms with Gasteiger partial charge in [0.15, 0.2) is 5.13 Å². The van der Waals surface area contributed by atoms with Crippen LogP contribution in [-0.4, -0.2) is 29.9 Å². The van der Waals surface area contributed by atoms with E-state index >= 15 is 0 Å². The van der Waals surface area contributed by atoms with E-state index in [0.717, 1.165) is 36.3 Å². The maximum atomic E-state index is 12.9. The van der Waals surface area contributed by atoms with Crippen molar-refractivity contribution in [1.82, 2.24) is 10.3 Å². The number of aromatic nitrogens is 1. The second-order valence-electron chi connectivity index (χ2n) is 7.80. The summed E-state index contributed by atoms with van der Waals surface area (Å²) in [5, 5.41) is 6.68. The molecule has 2 amide bonds. The van der Waals surface area contributed by atoms with E-state index in [4.69, 9.17) is 4.74 Å². The number of nitrogens with zero attached hydrogens (tertiary/aromatic N) is 1. The summed E-state index contributed by atoms with van der Waals surface area (Å²) in [7, 11) is 1.59. The number of amides is 2. The molecule has 1 unspecified atom stereocenters. The molecule has 6 nitrogen and oxygen atoms in total. The summed E-state index contributed by atoms with van der Waals surface area (Å²) in [6, 6.07) is 7.24. The Morgan fingerprint density at radius 2 is 1.79 bits per heavy atom. The fourth-order valence-corrected chi connectivity index (χ4v) is 5.21. The first-order valence-corrected chi connectivity index (χ1v) is 11.2. The van der Waals surface area contributed by atoms with Crippen LogP contribution >= 0.6 is 11.3 Å². The van der Waals surface area contributed by atoms with Crippen LogP contribution in [0.1, 0.15) is 71.8 Å². The predicted molar refractivity (Wildman–Crippen MR) is 114 cm³/mol. The summed E-state index contributed by atoms with van der Waals surface area (Å²) in [4.78, 5) is 31.1. The van der Waals surface area contributed by atoms with E-state index in [1.165, 1.54) is 37.0 Å². The molecule has 0 radical (unpaired) electrons. The third kappa shape index (κ3) is 4.61. The van der Waals surface area contributed by atoms with E-state index in [2.05, 4.69) is 15.6 Å². The van der Waals surface area contributed by atoms with E-state index in [0.29, 0.717) is 22.5 Å². The second kappa shape index (κ2) is 8.95. The zero-order chi connectivity index (χ0) is 20.2. The number of carbonyl (C=O) groups excluding carboxylic acids is 2. The summed E-state index contributed by atoms with van der Waals surface area (Å²) >= 11 is 1.48. The summed E-state index contributed by atoms with van der Waals surface area (Å²) in [6.07, 6.45) is 8.72. The molecule has 0 spiro atoms. The van der Waals surface area contributed by atoms with Crippen LogP contribution in [-0.2, 0) is 11.2 Å². The van der Waals surface area contributed by atoms with Crippen LogP contribution < -0.4 is 15.4 Å². The monoisotopic (exact) mass is 413 g/mol. The number of hydrogen-bond donors (Lipinski definition) is 2. The van der Waals surface area contributed by atoms with Gasteiger partial charge in [-0.2, -0.15) is 0 Å². The Bertz CT molecular complexity index is 870. The van der Waals surface area contributed by atoms with Crippen LogP contribution in [0, 0.1) is 0 Å². The summed E-state index contributed by atoms with van der Waals surface area (Å²) < 4.78 is 5.12. The Labute approximate surface area is 175 Å². The number of carbonyl (C=O) groups is 2. The molecule has 1 aromatic carbocycles. The molecule has 1 fully saturated rings. The van der Waals surface area contributed by atoms with Gasteiger partial charge in [0.05, 0.1) is 18.7 Å². The molecule has 2 aliphatic carbocycles. The Balaban J connectivity index is 1.40. The van der Waals surface area contributed by atoms with Crippen LogP contribution in [0.15, 0.2) is 24.3 Å². The first-order valence-electron chi connectivity index (χ1n) is 10.4. The largest absolute Gasteiger partial charge is 0.497 e. The van der Waals surface area contributed by atoms with Crippen molar-refractivity contribution in [3.63, 3.8) is 0 Å². The molecular formula is C22H27N3O3S. The minimum atomic E-state index is -0.209. The molecule has 4 rings (SSSR count).